The van der Waals surface area contributed by atoms with E-state index in [-0.39, 0.29) is 0 Å². The summed E-state index contributed by atoms with van der Waals surface area (Å²) in [4.78, 5) is 2.88. The van der Waals surface area contributed by atoms with Crippen molar-refractivity contribution in [3.63, 3.8) is 0 Å². The van der Waals surface area contributed by atoms with Gasteiger partial charge in [0.15, 0.2) is 0 Å². The van der Waals surface area contributed by atoms with Crippen molar-refractivity contribution in [3.8, 4) is 0 Å². The molecule has 0 aromatic heterocycles. The summed E-state index contributed by atoms with van der Waals surface area (Å²) in [5, 5.41) is 0. The smallest absolute Gasteiger partial charge is 0.107 e. The van der Waals surface area contributed by atoms with E-state index in [4.69, 9.17) is 18.0 Å². The topological polar surface area (TPSA) is 29.3 Å². The van der Waals surface area contributed by atoms with Crippen molar-refractivity contribution < 1.29 is 0 Å². The van der Waals surface area contributed by atoms with Crippen LogP contribution in [0.1, 0.15) is 31.2 Å². The molecule has 17 heavy (non-hydrogen) atoms. The zero-order valence-corrected chi connectivity index (χ0v) is 12.2. The van der Waals surface area contributed by atoms with Crippen LogP contribution in [-0.4, -0.2) is 18.1 Å². The molecule has 1 aliphatic rings. The molecule has 1 aromatic rings. The van der Waals surface area contributed by atoms with Gasteiger partial charge in [-0.15, -0.1) is 0 Å². The Balaban J connectivity index is 2.36. The highest BCUT2D eigenvalue weighted by Crippen LogP contribution is 2.29. The molecular weight excluding hydrogens is 296 g/mol. The molecule has 1 fully saturated rings. The first-order valence-electron chi connectivity index (χ1n) is 6.03. The Morgan fingerprint density at radius 1 is 1.18 bits per heavy atom. The molecule has 1 aromatic carbocycles. The third-order valence-corrected chi connectivity index (χ3v) is 4.05. The lowest BCUT2D eigenvalue weighted by Gasteiger charge is -2.25. The SMILES string of the molecule is NC(=S)c1c(Br)cccc1N1CCCCCC1. The van der Waals surface area contributed by atoms with E-state index in [1.807, 2.05) is 12.1 Å². The minimum Gasteiger partial charge on any atom is -0.389 e. The van der Waals surface area contributed by atoms with E-state index in [1.54, 1.807) is 0 Å². The lowest BCUT2D eigenvalue weighted by atomic mass is 10.1. The highest BCUT2D eigenvalue weighted by molar-refractivity contribution is 9.10. The van der Waals surface area contributed by atoms with E-state index in [0.29, 0.717) is 4.99 Å². The molecule has 0 bridgehead atoms. The van der Waals surface area contributed by atoms with Crippen molar-refractivity contribution in [3.05, 3.63) is 28.2 Å². The minimum atomic E-state index is 0.469. The highest BCUT2D eigenvalue weighted by atomic mass is 79.9. The second kappa shape index (κ2) is 5.83. The van der Waals surface area contributed by atoms with E-state index in [1.165, 1.54) is 31.4 Å². The maximum atomic E-state index is 5.84. The molecule has 0 aliphatic carbocycles. The average molecular weight is 313 g/mol. The van der Waals surface area contributed by atoms with Crippen LogP contribution in [0.25, 0.3) is 0 Å². The molecule has 1 aliphatic heterocycles. The summed E-state index contributed by atoms with van der Waals surface area (Å²) in [7, 11) is 0. The quantitative estimate of drug-likeness (QED) is 0.848. The Morgan fingerprint density at radius 3 is 2.41 bits per heavy atom. The number of nitrogens with zero attached hydrogens (tertiary/aromatic N) is 1. The fourth-order valence-electron chi connectivity index (χ4n) is 2.33. The van der Waals surface area contributed by atoms with Crippen molar-refractivity contribution in [2.24, 2.45) is 5.73 Å². The summed E-state index contributed by atoms with van der Waals surface area (Å²) in [5.41, 5.74) is 7.99. The number of thiocarbonyl (C=S) groups is 1. The van der Waals surface area contributed by atoms with Crippen LogP contribution in [0.5, 0.6) is 0 Å². The average Bonchev–Trinajstić information content (AvgIpc) is 2.56. The maximum Gasteiger partial charge on any atom is 0.107 e. The molecule has 1 saturated heterocycles. The van der Waals surface area contributed by atoms with Gasteiger partial charge in [0.25, 0.3) is 0 Å². The molecule has 0 saturated carbocycles. The van der Waals surface area contributed by atoms with Gasteiger partial charge in [-0.25, -0.2) is 0 Å². The number of anilines is 1. The van der Waals surface area contributed by atoms with Gasteiger partial charge in [-0.3, -0.25) is 0 Å². The summed E-state index contributed by atoms with van der Waals surface area (Å²) in [6.45, 7) is 2.21. The molecular formula is C13H17BrN2S. The van der Waals surface area contributed by atoms with E-state index in [9.17, 15) is 0 Å². The lowest BCUT2D eigenvalue weighted by molar-refractivity contribution is 0.726. The molecule has 0 amide bonds. The lowest BCUT2D eigenvalue weighted by Crippen LogP contribution is -2.27. The fourth-order valence-corrected chi connectivity index (χ4v) is 3.25. The van der Waals surface area contributed by atoms with E-state index >= 15 is 0 Å². The van der Waals surface area contributed by atoms with Crippen molar-refractivity contribution in [1.82, 2.24) is 0 Å². The minimum absolute atomic E-state index is 0.469. The molecule has 0 atom stereocenters. The summed E-state index contributed by atoms with van der Waals surface area (Å²) in [6.07, 6.45) is 5.16. The zero-order chi connectivity index (χ0) is 12.3. The molecule has 0 unspecified atom stereocenters. The summed E-state index contributed by atoms with van der Waals surface area (Å²) >= 11 is 8.70. The molecule has 92 valence electrons. The van der Waals surface area contributed by atoms with Crippen LogP contribution >= 0.6 is 28.1 Å². The standard InChI is InChI=1S/C13H17BrN2S/c14-10-6-5-7-11(12(10)13(15)17)16-8-3-1-2-4-9-16/h5-7H,1-4,8-9H2,(H2,15,17). The molecule has 0 radical (unpaired) electrons. The Hall–Kier alpha value is -0.610. The van der Waals surface area contributed by atoms with E-state index in [2.05, 4.69) is 26.9 Å². The third-order valence-electron chi connectivity index (χ3n) is 3.18. The van der Waals surface area contributed by atoms with Crippen LogP contribution in [0.2, 0.25) is 0 Å². The number of hydrogen-bond donors (Lipinski definition) is 1. The van der Waals surface area contributed by atoms with Crippen LogP contribution in [-0.2, 0) is 0 Å². The van der Waals surface area contributed by atoms with Crippen molar-refractivity contribution in [2.75, 3.05) is 18.0 Å². The maximum absolute atomic E-state index is 5.84. The highest BCUT2D eigenvalue weighted by Gasteiger charge is 2.16. The van der Waals surface area contributed by atoms with E-state index in [0.717, 1.165) is 23.1 Å². The monoisotopic (exact) mass is 312 g/mol. The Labute approximate surface area is 116 Å². The summed E-state index contributed by atoms with van der Waals surface area (Å²) in [5.74, 6) is 0. The Bertz CT molecular complexity index is 412. The molecule has 2 N–H and O–H groups in total. The molecule has 2 rings (SSSR count). The van der Waals surface area contributed by atoms with Gasteiger partial charge in [-0.2, -0.15) is 0 Å². The van der Waals surface area contributed by atoms with Gasteiger partial charge in [-0.05, 0) is 40.9 Å². The normalized spacial score (nSPS) is 16.6. The third kappa shape index (κ3) is 2.99. The van der Waals surface area contributed by atoms with Crippen molar-refractivity contribution in [2.45, 2.75) is 25.7 Å². The number of nitrogens with two attached hydrogens (primary N) is 1. The molecule has 1 heterocycles. The zero-order valence-electron chi connectivity index (χ0n) is 9.79. The van der Waals surface area contributed by atoms with Crippen LogP contribution < -0.4 is 10.6 Å². The first-order valence-corrected chi connectivity index (χ1v) is 7.23. The Kier molecular flexibility index (Phi) is 4.40. The van der Waals surface area contributed by atoms with Gasteiger partial charge in [0.1, 0.15) is 4.99 Å². The van der Waals surface area contributed by atoms with Crippen LogP contribution in [0, 0.1) is 0 Å². The first-order chi connectivity index (χ1) is 8.20. The number of hydrogen-bond acceptors (Lipinski definition) is 2. The van der Waals surface area contributed by atoms with Crippen LogP contribution in [0.3, 0.4) is 0 Å². The second-order valence-corrected chi connectivity index (χ2v) is 5.69. The molecule has 0 spiro atoms. The first kappa shape index (κ1) is 12.8. The molecule has 2 nitrogen and oxygen atoms in total. The predicted octanol–water partition coefficient (Wildman–Crippen LogP) is 3.46. The van der Waals surface area contributed by atoms with Crippen LogP contribution in [0.4, 0.5) is 5.69 Å². The van der Waals surface area contributed by atoms with Gasteiger partial charge >= 0.3 is 0 Å². The summed E-state index contributed by atoms with van der Waals surface area (Å²) < 4.78 is 0.992. The van der Waals surface area contributed by atoms with Gasteiger partial charge < -0.3 is 10.6 Å². The molecule has 4 heteroatoms. The van der Waals surface area contributed by atoms with Crippen LogP contribution in [0.15, 0.2) is 22.7 Å². The second-order valence-electron chi connectivity index (χ2n) is 4.40. The van der Waals surface area contributed by atoms with Gasteiger partial charge in [0.2, 0.25) is 0 Å². The fraction of sp³-hybridized carbons (Fsp3) is 0.462. The summed E-state index contributed by atoms with van der Waals surface area (Å²) in [6, 6.07) is 6.16. The van der Waals surface area contributed by atoms with Gasteiger partial charge in [-0.1, -0.05) is 31.1 Å². The number of rotatable bonds is 2. The number of benzene rings is 1. The largest absolute Gasteiger partial charge is 0.389 e. The number of halogens is 1. The predicted molar refractivity (Wildman–Crippen MR) is 80.7 cm³/mol. The van der Waals surface area contributed by atoms with Crippen molar-refractivity contribution in [1.29, 1.82) is 0 Å². The van der Waals surface area contributed by atoms with Gasteiger partial charge in [0.05, 0.1) is 0 Å². The van der Waals surface area contributed by atoms with Crippen molar-refractivity contribution >= 4 is 38.8 Å². The van der Waals surface area contributed by atoms with Gasteiger partial charge in [0, 0.05) is 28.8 Å². The Morgan fingerprint density at radius 2 is 1.82 bits per heavy atom. The van der Waals surface area contributed by atoms with E-state index < -0.39 is 0 Å².